The van der Waals surface area contributed by atoms with E-state index >= 15 is 0 Å². The number of aryl methyl sites for hydroxylation is 2. The highest BCUT2D eigenvalue weighted by molar-refractivity contribution is 6.01. The van der Waals surface area contributed by atoms with Gasteiger partial charge in [-0.2, -0.15) is 0 Å². The van der Waals surface area contributed by atoms with E-state index in [1.54, 1.807) is 6.07 Å². The number of rotatable bonds is 6. The molecule has 0 unspecified atom stereocenters. The molecule has 1 aromatic heterocycles. The van der Waals surface area contributed by atoms with Gasteiger partial charge in [0.25, 0.3) is 0 Å². The smallest absolute Gasteiger partial charge is 0.337 e. The molecule has 1 aliphatic carbocycles. The lowest BCUT2D eigenvalue weighted by molar-refractivity contribution is 0.0699. The van der Waals surface area contributed by atoms with Crippen LogP contribution in [0.25, 0.3) is 11.0 Å². The van der Waals surface area contributed by atoms with Crippen LogP contribution in [0.4, 0.5) is 0 Å². The Labute approximate surface area is 118 Å². The van der Waals surface area contributed by atoms with Crippen molar-refractivity contribution in [3.05, 3.63) is 29.6 Å². The lowest BCUT2D eigenvalue weighted by Gasteiger charge is -2.07. The van der Waals surface area contributed by atoms with Gasteiger partial charge in [0.05, 0.1) is 11.1 Å². The van der Waals surface area contributed by atoms with Crippen molar-refractivity contribution in [2.45, 2.75) is 45.6 Å². The fraction of sp³-hybridized carbons (Fsp3) is 0.500. The maximum Gasteiger partial charge on any atom is 0.337 e. The number of carbonyl (C=O) groups is 1. The minimum atomic E-state index is -0.902. The number of aromatic nitrogens is 2. The molecule has 0 radical (unpaired) electrons. The average Bonchev–Trinajstić information content (AvgIpc) is 3.19. The van der Waals surface area contributed by atoms with Crippen molar-refractivity contribution < 1.29 is 9.90 Å². The van der Waals surface area contributed by atoms with Gasteiger partial charge in [-0.15, -0.1) is 0 Å². The van der Waals surface area contributed by atoms with Crippen LogP contribution in [-0.4, -0.2) is 20.6 Å². The monoisotopic (exact) mass is 272 g/mol. The molecule has 2 aromatic rings. The summed E-state index contributed by atoms with van der Waals surface area (Å²) in [5.41, 5.74) is 1.89. The van der Waals surface area contributed by atoms with Gasteiger partial charge in [-0.05, 0) is 30.9 Å². The van der Waals surface area contributed by atoms with E-state index in [1.165, 1.54) is 19.3 Å². The molecule has 1 fully saturated rings. The molecule has 106 valence electrons. The molecule has 1 aromatic carbocycles. The largest absolute Gasteiger partial charge is 0.478 e. The van der Waals surface area contributed by atoms with Crippen LogP contribution in [0.1, 0.15) is 48.8 Å². The van der Waals surface area contributed by atoms with Crippen molar-refractivity contribution in [3.8, 4) is 0 Å². The van der Waals surface area contributed by atoms with Gasteiger partial charge in [-0.3, -0.25) is 0 Å². The molecule has 1 aliphatic rings. The van der Waals surface area contributed by atoms with Crippen LogP contribution in [0.5, 0.6) is 0 Å². The number of aromatic carboxylic acids is 1. The van der Waals surface area contributed by atoms with E-state index in [9.17, 15) is 9.90 Å². The summed E-state index contributed by atoms with van der Waals surface area (Å²) in [6, 6.07) is 5.42. The lowest BCUT2D eigenvalue weighted by atomic mass is 10.2. The fourth-order valence-electron chi connectivity index (χ4n) is 2.83. The molecule has 4 heteroatoms. The third-order valence-corrected chi connectivity index (χ3v) is 4.10. The molecule has 3 rings (SSSR count). The molecule has 1 heterocycles. The van der Waals surface area contributed by atoms with E-state index in [-0.39, 0.29) is 0 Å². The van der Waals surface area contributed by atoms with Crippen molar-refractivity contribution >= 4 is 17.0 Å². The van der Waals surface area contributed by atoms with Gasteiger partial charge >= 0.3 is 5.97 Å². The fourth-order valence-corrected chi connectivity index (χ4v) is 2.83. The van der Waals surface area contributed by atoms with Crippen LogP contribution >= 0.6 is 0 Å². The van der Waals surface area contributed by atoms with E-state index in [4.69, 9.17) is 0 Å². The number of imidazole rings is 1. The number of nitrogens with zero attached hydrogens (tertiary/aromatic N) is 2. The first-order valence-electron chi connectivity index (χ1n) is 7.42. The Hall–Kier alpha value is -1.84. The molecular formula is C16H20N2O2. The minimum absolute atomic E-state index is 0.304. The Bertz CT molecular complexity index is 641. The summed E-state index contributed by atoms with van der Waals surface area (Å²) in [5.74, 6) is 1.02. The van der Waals surface area contributed by atoms with Gasteiger partial charge in [0, 0.05) is 13.0 Å². The van der Waals surface area contributed by atoms with Gasteiger partial charge in [-0.25, -0.2) is 9.78 Å². The van der Waals surface area contributed by atoms with Crippen molar-refractivity contribution in [1.82, 2.24) is 9.55 Å². The molecule has 0 bridgehead atoms. The first-order valence-corrected chi connectivity index (χ1v) is 7.42. The molecule has 0 atom stereocenters. The Balaban J connectivity index is 1.95. The van der Waals surface area contributed by atoms with Crippen LogP contribution in [0.15, 0.2) is 18.2 Å². The predicted octanol–water partition coefficient (Wildman–Crippen LogP) is 3.49. The van der Waals surface area contributed by atoms with Crippen LogP contribution in [0.3, 0.4) is 0 Å². The molecule has 0 aliphatic heterocycles. The summed E-state index contributed by atoms with van der Waals surface area (Å²) >= 11 is 0. The second-order valence-electron chi connectivity index (χ2n) is 5.60. The zero-order chi connectivity index (χ0) is 14.1. The van der Waals surface area contributed by atoms with Crippen LogP contribution in [-0.2, 0) is 13.0 Å². The second-order valence-corrected chi connectivity index (χ2v) is 5.60. The summed E-state index contributed by atoms with van der Waals surface area (Å²) < 4.78 is 2.20. The SMILES string of the molecule is CCc1nc2c(C(=O)O)cccc2n1CCCC1CC1. The number of hydrogen-bond acceptors (Lipinski definition) is 2. The third-order valence-electron chi connectivity index (χ3n) is 4.10. The number of carboxylic acids is 1. The van der Waals surface area contributed by atoms with E-state index in [1.807, 2.05) is 12.1 Å². The highest BCUT2D eigenvalue weighted by Gasteiger charge is 2.21. The molecule has 0 spiro atoms. The maximum absolute atomic E-state index is 11.3. The van der Waals surface area contributed by atoms with Crippen molar-refractivity contribution in [2.75, 3.05) is 0 Å². The summed E-state index contributed by atoms with van der Waals surface area (Å²) in [4.78, 5) is 15.8. The van der Waals surface area contributed by atoms with Gasteiger partial charge < -0.3 is 9.67 Å². The average molecular weight is 272 g/mol. The first kappa shape index (κ1) is 13.2. The standard InChI is InChI=1S/C16H20N2O2/c1-2-14-17-15-12(16(19)20)6-3-7-13(15)18(14)10-4-5-11-8-9-11/h3,6-7,11H,2,4-5,8-10H2,1H3,(H,19,20). The molecule has 1 N–H and O–H groups in total. The van der Waals surface area contributed by atoms with Crippen LogP contribution in [0, 0.1) is 5.92 Å². The normalized spacial score (nSPS) is 14.8. The number of fused-ring (bicyclic) bond motifs is 1. The van der Waals surface area contributed by atoms with Crippen LogP contribution < -0.4 is 0 Å². The zero-order valence-corrected chi connectivity index (χ0v) is 11.8. The lowest BCUT2D eigenvalue weighted by Crippen LogP contribution is -2.03. The van der Waals surface area contributed by atoms with E-state index < -0.39 is 5.97 Å². The number of para-hydroxylation sites is 1. The molecule has 1 saturated carbocycles. The molecule has 0 saturated heterocycles. The van der Waals surface area contributed by atoms with E-state index in [0.29, 0.717) is 11.1 Å². The zero-order valence-electron chi connectivity index (χ0n) is 11.8. The molecule has 20 heavy (non-hydrogen) atoms. The molecule has 4 nitrogen and oxygen atoms in total. The maximum atomic E-state index is 11.3. The predicted molar refractivity (Wildman–Crippen MR) is 78.0 cm³/mol. The second kappa shape index (κ2) is 5.27. The van der Waals surface area contributed by atoms with Crippen molar-refractivity contribution in [1.29, 1.82) is 0 Å². The Morgan fingerprint density at radius 3 is 2.90 bits per heavy atom. The number of carboxylic acid groups (broad SMARTS) is 1. The first-order chi connectivity index (χ1) is 9.70. The highest BCUT2D eigenvalue weighted by Crippen LogP contribution is 2.34. The third kappa shape index (κ3) is 2.42. The summed E-state index contributed by atoms with van der Waals surface area (Å²) in [6.45, 7) is 3.01. The number of hydrogen-bond donors (Lipinski definition) is 1. The molecule has 0 amide bonds. The Morgan fingerprint density at radius 2 is 2.25 bits per heavy atom. The quantitative estimate of drug-likeness (QED) is 0.875. The minimum Gasteiger partial charge on any atom is -0.478 e. The Morgan fingerprint density at radius 1 is 1.45 bits per heavy atom. The van der Waals surface area contributed by atoms with E-state index in [2.05, 4.69) is 16.5 Å². The summed E-state index contributed by atoms with van der Waals surface area (Å²) in [6.07, 6.45) is 6.03. The van der Waals surface area contributed by atoms with Gasteiger partial charge in [-0.1, -0.05) is 25.8 Å². The molecular weight excluding hydrogens is 252 g/mol. The Kier molecular flexibility index (Phi) is 3.47. The van der Waals surface area contributed by atoms with Gasteiger partial charge in [0.1, 0.15) is 11.3 Å². The summed E-state index contributed by atoms with van der Waals surface area (Å²) in [7, 11) is 0. The van der Waals surface area contributed by atoms with E-state index in [0.717, 1.165) is 36.6 Å². The number of benzene rings is 1. The highest BCUT2D eigenvalue weighted by atomic mass is 16.4. The summed E-state index contributed by atoms with van der Waals surface area (Å²) in [5, 5.41) is 9.26. The van der Waals surface area contributed by atoms with Crippen molar-refractivity contribution in [2.24, 2.45) is 5.92 Å². The topological polar surface area (TPSA) is 55.1 Å². The van der Waals surface area contributed by atoms with Crippen molar-refractivity contribution in [3.63, 3.8) is 0 Å². The van der Waals surface area contributed by atoms with Gasteiger partial charge in [0.2, 0.25) is 0 Å². The van der Waals surface area contributed by atoms with Crippen LogP contribution in [0.2, 0.25) is 0 Å². The van der Waals surface area contributed by atoms with Gasteiger partial charge in [0.15, 0.2) is 0 Å².